The average Bonchev–Trinajstić information content (AvgIpc) is 3.14. The highest BCUT2D eigenvalue weighted by atomic mass is 32.2. The minimum atomic E-state index is -3.54. The summed E-state index contributed by atoms with van der Waals surface area (Å²) in [4.78, 5) is 12.3. The number of thiophene rings is 1. The van der Waals surface area contributed by atoms with Gasteiger partial charge in [-0.05, 0) is 47.9 Å². The first-order valence-electron chi connectivity index (χ1n) is 8.89. The van der Waals surface area contributed by atoms with Crippen LogP contribution in [0.4, 0.5) is 5.69 Å². The maximum atomic E-state index is 12.3. The molecule has 1 aromatic heterocycles. The predicted octanol–water partition coefficient (Wildman–Crippen LogP) is 3.79. The number of hydrogen-bond acceptors (Lipinski definition) is 4. The number of anilines is 1. The van der Waals surface area contributed by atoms with Crippen LogP contribution in [0.2, 0.25) is 0 Å². The Balaban J connectivity index is 1.56. The quantitative estimate of drug-likeness (QED) is 0.785. The molecule has 2 atom stereocenters. The van der Waals surface area contributed by atoms with Crippen molar-refractivity contribution < 1.29 is 13.2 Å². The molecule has 26 heavy (non-hydrogen) atoms. The summed E-state index contributed by atoms with van der Waals surface area (Å²) in [5, 5.41) is 4.87. The van der Waals surface area contributed by atoms with Crippen molar-refractivity contribution in [1.82, 2.24) is 5.32 Å². The van der Waals surface area contributed by atoms with Crippen LogP contribution in [0, 0.1) is 5.92 Å². The Morgan fingerprint density at radius 1 is 1.15 bits per heavy atom. The van der Waals surface area contributed by atoms with Gasteiger partial charge in [-0.25, -0.2) is 8.42 Å². The van der Waals surface area contributed by atoms with Crippen LogP contribution >= 0.6 is 11.3 Å². The van der Waals surface area contributed by atoms with E-state index in [0.717, 1.165) is 12.0 Å². The largest absolute Gasteiger partial charge is 0.353 e. The van der Waals surface area contributed by atoms with Crippen LogP contribution in [-0.4, -0.2) is 20.4 Å². The summed E-state index contributed by atoms with van der Waals surface area (Å²) in [6.45, 7) is 2.19. The Labute approximate surface area is 158 Å². The number of amides is 1. The summed E-state index contributed by atoms with van der Waals surface area (Å²) < 4.78 is 27.3. The lowest BCUT2D eigenvalue weighted by Crippen LogP contribution is -2.41. The first-order valence-corrected chi connectivity index (χ1v) is 11.2. The second-order valence-electron chi connectivity index (χ2n) is 6.85. The van der Waals surface area contributed by atoms with Gasteiger partial charge in [-0.15, -0.1) is 11.3 Å². The van der Waals surface area contributed by atoms with Crippen molar-refractivity contribution in [2.75, 3.05) is 4.72 Å². The molecule has 3 rings (SSSR count). The molecule has 1 saturated carbocycles. The molecule has 1 fully saturated rings. The molecular weight excluding hydrogens is 368 g/mol. The number of carbonyl (C=O) groups is 1. The zero-order valence-electron chi connectivity index (χ0n) is 14.8. The minimum absolute atomic E-state index is 0.0238. The third kappa shape index (κ3) is 4.86. The molecule has 0 radical (unpaired) electrons. The predicted molar refractivity (Wildman–Crippen MR) is 105 cm³/mol. The van der Waals surface area contributed by atoms with Gasteiger partial charge in [-0.1, -0.05) is 38.0 Å². The topological polar surface area (TPSA) is 75.3 Å². The number of rotatable bonds is 6. The normalized spacial score (nSPS) is 20.5. The fourth-order valence-electron chi connectivity index (χ4n) is 3.29. The highest BCUT2D eigenvalue weighted by Crippen LogP contribution is 2.24. The standard InChI is InChI=1S/C19H24N2O3S2/c1-14-5-2-3-6-17(14)20-18(22)13-15-8-10-16(11-9-15)21-26(23,24)19-7-4-12-25-19/h4,7-12,14,17,21H,2-3,5-6,13H2,1H3,(H,20,22)/t14-,17-/m1/s1. The van der Waals surface area contributed by atoms with Crippen molar-refractivity contribution >= 4 is 33.0 Å². The number of hydrogen-bond donors (Lipinski definition) is 2. The van der Waals surface area contributed by atoms with E-state index in [4.69, 9.17) is 0 Å². The molecule has 2 aromatic rings. The van der Waals surface area contributed by atoms with Crippen LogP contribution in [0.5, 0.6) is 0 Å². The SMILES string of the molecule is C[C@@H]1CCCC[C@H]1NC(=O)Cc1ccc(NS(=O)(=O)c2cccs2)cc1. The van der Waals surface area contributed by atoms with Gasteiger partial charge in [-0.2, -0.15) is 0 Å². The summed E-state index contributed by atoms with van der Waals surface area (Å²) in [6.07, 6.45) is 4.95. The van der Waals surface area contributed by atoms with E-state index >= 15 is 0 Å². The Hall–Kier alpha value is -1.86. The van der Waals surface area contributed by atoms with Crippen LogP contribution in [0.1, 0.15) is 38.2 Å². The Morgan fingerprint density at radius 3 is 2.54 bits per heavy atom. The van der Waals surface area contributed by atoms with E-state index in [2.05, 4.69) is 17.0 Å². The van der Waals surface area contributed by atoms with Crippen LogP contribution in [0.15, 0.2) is 46.0 Å². The molecule has 1 amide bonds. The maximum Gasteiger partial charge on any atom is 0.271 e. The number of benzene rings is 1. The van der Waals surface area contributed by atoms with Crippen molar-refractivity contribution in [3.8, 4) is 0 Å². The molecule has 0 aliphatic heterocycles. The van der Waals surface area contributed by atoms with E-state index in [-0.39, 0.29) is 16.2 Å². The Kier molecular flexibility index (Phi) is 5.98. The molecule has 7 heteroatoms. The summed E-state index contributed by atoms with van der Waals surface area (Å²) in [5.41, 5.74) is 1.36. The van der Waals surface area contributed by atoms with Crippen LogP contribution < -0.4 is 10.0 Å². The first-order chi connectivity index (χ1) is 12.4. The van der Waals surface area contributed by atoms with Crippen molar-refractivity contribution in [3.05, 3.63) is 47.3 Å². The molecule has 140 valence electrons. The fraction of sp³-hybridized carbons (Fsp3) is 0.421. The Bertz CT molecular complexity index is 830. The second-order valence-corrected chi connectivity index (χ2v) is 9.70. The van der Waals surface area contributed by atoms with Crippen LogP contribution in [-0.2, 0) is 21.2 Å². The van der Waals surface area contributed by atoms with Crippen LogP contribution in [0.25, 0.3) is 0 Å². The first kappa shape index (κ1) is 18.9. The second kappa shape index (κ2) is 8.22. The van der Waals surface area contributed by atoms with Crippen molar-refractivity contribution in [2.24, 2.45) is 5.92 Å². The fourth-order valence-corrected chi connectivity index (χ4v) is 5.34. The molecule has 0 bridgehead atoms. The van der Waals surface area contributed by atoms with Gasteiger partial charge in [0.25, 0.3) is 10.0 Å². The third-order valence-electron chi connectivity index (χ3n) is 4.79. The molecule has 0 unspecified atom stereocenters. The van der Waals surface area contributed by atoms with Crippen LogP contribution in [0.3, 0.4) is 0 Å². The molecule has 0 spiro atoms. The van der Waals surface area contributed by atoms with E-state index in [9.17, 15) is 13.2 Å². The van der Waals surface area contributed by atoms with Crippen molar-refractivity contribution in [2.45, 2.75) is 49.3 Å². The van der Waals surface area contributed by atoms with Gasteiger partial charge in [0.15, 0.2) is 0 Å². The van der Waals surface area contributed by atoms with Crippen molar-refractivity contribution in [1.29, 1.82) is 0 Å². The molecule has 1 aliphatic rings. The van der Waals surface area contributed by atoms with Gasteiger partial charge in [0.1, 0.15) is 4.21 Å². The lowest BCUT2D eigenvalue weighted by atomic mass is 9.86. The van der Waals surface area contributed by atoms with Crippen molar-refractivity contribution in [3.63, 3.8) is 0 Å². The maximum absolute atomic E-state index is 12.3. The number of sulfonamides is 1. The zero-order chi connectivity index (χ0) is 18.6. The summed E-state index contributed by atoms with van der Waals surface area (Å²) in [5.74, 6) is 0.553. The monoisotopic (exact) mass is 392 g/mol. The van der Waals surface area contributed by atoms with Gasteiger partial charge in [0.05, 0.1) is 6.42 Å². The lowest BCUT2D eigenvalue weighted by molar-refractivity contribution is -0.121. The number of nitrogens with one attached hydrogen (secondary N) is 2. The van der Waals surface area contributed by atoms with Gasteiger partial charge in [0.2, 0.25) is 5.91 Å². The highest BCUT2D eigenvalue weighted by molar-refractivity contribution is 7.94. The smallest absolute Gasteiger partial charge is 0.271 e. The van der Waals surface area contributed by atoms with E-state index in [1.807, 2.05) is 0 Å². The molecular formula is C19H24N2O3S2. The summed E-state index contributed by atoms with van der Waals surface area (Å²) in [7, 11) is -3.54. The molecule has 5 nitrogen and oxygen atoms in total. The highest BCUT2D eigenvalue weighted by Gasteiger charge is 2.22. The minimum Gasteiger partial charge on any atom is -0.353 e. The molecule has 1 aliphatic carbocycles. The summed E-state index contributed by atoms with van der Waals surface area (Å²) >= 11 is 1.17. The average molecular weight is 393 g/mol. The van der Waals surface area contributed by atoms with Gasteiger partial charge < -0.3 is 5.32 Å². The van der Waals surface area contributed by atoms with Gasteiger partial charge >= 0.3 is 0 Å². The molecule has 1 aromatic carbocycles. The van der Waals surface area contributed by atoms with Gasteiger partial charge in [-0.3, -0.25) is 9.52 Å². The molecule has 1 heterocycles. The summed E-state index contributed by atoms with van der Waals surface area (Å²) in [6, 6.07) is 10.5. The third-order valence-corrected chi connectivity index (χ3v) is 7.57. The van der Waals surface area contributed by atoms with E-state index in [0.29, 0.717) is 18.0 Å². The van der Waals surface area contributed by atoms with E-state index < -0.39 is 10.0 Å². The molecule has 2 N–H and O–H groups in total. The molecule has 0 saturated heterocycles. The van der Waals surface area contributed by atoms with Gasteiger partial charge in [0, 0.05) is 11.7 Å². The Morgan fingerprint density at radius 2 is 1.88 bits per heavy atom. The van der Waals surface area contributed by atoms with E-state index in [1.165, 1.54) is 30.6 Å². The lowest BCUT2D eigenvalue weighted by Gasteiger charge is -2.29. The van der Waals surface area contributed by atoms with E-state index in [1.54, 1.807) is 41.8 Å². The zero-order valence-corrected chi connectivity index (χ0v) is 16.4. The number of carbonyl (C=O) groups excluding carboxylic acids is 1.